The summed E-state index contributed by atoms with van der Waals surface area (Å²) in [5, 5.41) is 3.42. The van der Waals surface area contributed by atoms with E-state index < -0.39 is 0 Å². The van der Waals surface area contributed by atoms with E-state index in [-0.39, 0.29) is 0 Å². The Morgan fingerprint density at radius 1 is 1.00 bits per heavy atom. The van der Waals surface area contributed by atoms with E-state index in [1.807, 2.05) is 0 Å². The van der Waals surface area contributed by atoms with Crippen molar-refractivity contribution in [1.82, 2.24) is 16.2 Å². The minimum absolute atomic E-state index is 0.358. The highest BCUT2D eigenvalue weighted by Gasteiger charge is 2.32. The molecule has 1 aromatic carbocycles. The number of rotatable bonds is 11. The van der Waals surface area contributed by atoms with Crippen molar-refractivity contribution in [3.63, 3.8) is 0 Å². The van der Waals surface area contributed by atoms with Crippen LogP contribution >= 0.6 is 0 Å². The third-order valence-electron chi connectivity index (χ3n) is 4.95. The van der Waals surface area contributed by atoms with Gasteiger partial charge in [-0.1, -0.05) is 58.6 Å². The second kappa shape index (κ2) is 10.7. The number of hydrogen-bond acceptors (Lipinski definition) is 4. The predicted molar refractivity (Wildman–Crippen MR) is 101 cm³/mol. The highest BCUT2D eigenvalue weighted by Crippen LogP contribution is 2.29. The molecule has 0 aliphatic carbocycles. The van der Waals surface area contributed by atoms with Crippen molar-refractivity contribution in [2.45, 2.75) is 65.0 Å². The summed E-state index contributed by atoms with van der Waals surface area (Å²) in [7, 11) is 0. The lowest BCUT2D eigenvalue weighted by molar-refractivity contribution is 0.304. The number of likely N-dealkylation sites (N-methyl/N-ethyl adjacent to an activating group) is 1. The molecule has 0 saturated carbocycles. The summed E-state index contributed by atoms with van der Waals surface area (Å²) >= 11 is 0. The first-order valence-electron chi connectivity index (χ1n) is 9.70. The molecular weight excluding hydrogens is 298 g/mol. The largest absolute Gasteiger partial charge is 0.494 e. The van der Waals surface area contributed by atoms with Crippen LogP contribution in [0.3, 0.4) is 0 Å². The maximum absolute atomic E-state index is 5.86. The maximum Gasteiger partial charge on any atom is 0.119 e. The average Bonchev–Trinajstić information content (AvgIpc) is 2.97. The fourth-order valence-corrected chi connectivity index (χ4v) is 3.28. The van der Waals surface area contributed by atoms with E-state index in [0.29, 0.717) is 18.0 Å². The van der Waals surface area contributed by atoms with Gasteiger partial charge in [0.1, 0.15) is 5.75 Å². The molecule has 0 amide bonds. The van der Waals surface area contributed by atoms with E-state index in [2.05, 4.69) is 61.2 Å². The minimum Gasteiger partial charge on any atom is -0.494 e. The van der Waals surface area contributed by atoms with E-state index >= 15 is 0 Å². The SMILES string of the molecule is CCCCCCCOc1ccc(C2NNC(CNCC)C2C)cc1. The third-order valence-corrected chi connectivity index (χ3v) is 4.95. The van der Waals surface area contributed by atoms with Crippen molar-refractivity contribution in [2.75, 3.05) is 19.7 Å². The highest BCUT2D eigenvalue weighted by atomic mass is 16.5. The van der Waals surface area contributed by atoms with E-state index in [1.165, 1.54) is 31.2 Å². The highest BCUT2D eigenvalue weighted by molar-refractivity contribution is 5.30. The Morgan fingerprint density at radius 2 is 1.75 bits per heavy atom. The second-order valence-electron chi connectivity index (χ2n) is 6.87. The summed E-state index contributed by atoms with van der Waals surface area (Å²) < 4.78 is 5.86. The monoisotopic (exact) mass is 333 g/mol. The second-order valence-corrected chi connectivity index (χ2v) is 6.87. The van der Waals surface area contributed by atoms with Gasteiger partial charge in [-0.3, -0.25) is 5.43 Å². The summed E-state index contributed by atoms with van der Waals surface area (Å²) in [6, 6.07) is 9.42. The van der Waals surface area contributed by atoms with Crippen molar-refractivity contribution in [2.24, 2.45) is 5.92 Å². The molecular formula is C20H35N3O. The zero-order valence-corrected chi connectivity index (χ0v) is 15.6. The lowest BCUT2D eigenvalue weighted by atomic mass is 9.91. The van der Waals surface area contributed by atoms with Gasteiger partial charge in [-0.05, 0) is 36.6 Å². The first-order chi connectivity index (χ1) is 11.8. The molecule has 1 fully saturated rings. The molecule has 0 spiro atoms. The Bertz CT molecular complexity index is 449. The molecule has 1 heterocycles. The zero-order valence-electron chi connectivity index (χ0n) is 15.6. The fourth-order valence-electron chi connectivity index (χ4n) is 3.28. The minimum atomic E-state index is 0.358. The Morgan fingerprint density at radius 3 is 2.46 bits per heavy atom. The van der Waals surface area contributed by atoms with Gasteiger partial charge in [0.2, 0.25) is 0 Å². The Balaban J connectivity index is 1.75. The molecule has 0 radical (unpaired) electrons. The molecule has 1 aliphatic rings. The zero-order chi connectivity index (χ0) is 17.2. The molecule has 0 aromatic heterocycles. The van der Waals surface area contributed by atoms with Gasteiger partial charge in [0.25, 0.3) is 0 Å². The average molecular weight is 334 g/mol. The summed E-state index contributed by atoms with van der Waals surface area (Å²) in [5.41, 5.74) is 8.18. The van der Waals surface area contributed by atoms with Crippen molar-refractivity contribution in [3.05, 3.63) is 29.8 Å². The van der Waals surface area contributed by atoms with Crippen LogP contribution in [0.4, 0.5) is 0 Å². The van der Waals surface area contributed by atoms with Crippen LogP contribution in [0.5, 0.6) is 5.75 Å². The van der Waals surface area contributed by atoms with Gasteiger partial charge in [-0.25, -0.2) is 5.43 Å². The number of hydrogen-bond donors (Lipinski definition) is 3. The summed E-state index contributed by atoms with van der Waals surface area (Å²) in [5.74, 6) is 1.53. The Hall–Kier alpha value is -1.10. The summed E-state index contributed by atoms with van der Waals surface area (Å²) in [6.07, 6.45) is 6.38. The molecule has 24 heavy (non-hydrogen) atoms. The van der Waals surface area contributed by atoms with Gasteiger partial charge in [-0.2, -0.15) is 0 Å². The van der Waals surface area contributed by atoms with Gasteiger partial charge in [0, 0.05) is 12.6 Å². The molecule has 3 unspecified atom stereocenters. The van der Waals surface area contributed by atoms with Crippen LogP contribution in [0, 0.1) is 5.92 Å². The quantitative estimate of drug-likeness (QED) is 0.539. The molecule has 4 nitrogen and oxygen atoms in total. The number of unbranched alkanes of at least 4 members (excludes halogenated alkanes) is 4. The van der Waals surface area contributed by atoms with Gasteiger partial charge in [-0.15, -0.1) is 0 Å². The molecule has 2 rings (SSSR count). The fraction of sp³-hybridized carbons (Fsp3) is 0.700. The van der Waals surface area contributed by atoms with E-state index in [4.69, 9.17) is 4.74 Å². The van der Waals surface area contributed by atoms with Crippen molar-refractivity contribution >= 4 is 0 Å². The molecule has 1 aromatic rings. The van der Waals surface area contributed by atoms with Gasteiger partial charge in [0.15, 0.2) is 0 Å². The Labute approximate surface area is 147 Å². The lowest BCUT2D eigenvalue weighted by Gasteiger charge is -2.19. The van der Waals surface area contributed by atoms with Crippen LogP contribution < -0.4 is 20.9 Å². The van der Waals surface area contributed by atoms with E-state index in [1.54, 1.807) is 0 Å². The number of ether oxygens (including phenoxy) is 1. The van der Waals surface area contributed by atoms with E-state index in [0.717, 1.165) is 31.9 Å². The standard InChI is InChI=1S/C20H35N3O/c1-4-6-7-8-9-14-24-18-12-10-17(11-13-18)20-16(3)19(22-23-20)15-21-5-2/h10-13,16,19-23H,4-9,14-15H2,1-3H3. The first kappa shape index (κ1) is 19.2. The third kappa shape index (κ3) is 5.76. The van der Waals surface area contributed by atoms with Crippen LogP contribution in [0.1, 0.15) is 64.5 Å². The van der Waals surface area contributed by atoms with Crippen LogP contribution in [-0.4, -0.2) is 25.7 Å². The molecule has 4 heteroatoms. The molecule has 1 aliphatic heterocycles. The smallest absolute Gasteiger partial charge is 0.119 e. The van der Waals surface area contributed by atoms with Crippen molar-refractivity contribution in [3.8, 4) is 5.75 Å². The molecule has 3 atom stereocenters. The maximum atomic E-state index is 5.86. The molecule has 0 bridgehead atoms. The number of nitrogens with one attached hydrogen (secondary N) is 3. The van der Waals surface area contributed by atoms with Crippen LogP contribution in [0.15, 0.2) is 24.3 Å². The van der Waals surface area contributed by atoms with Crippen molar-refractivity contribution < 1.29 is 4.74 Å². The predicted octanol–water partition coefficient (Wildman–Crippen LogP) is 3.80. The lowest BCUT2D eigenvalue weighted by Crippen LogP contribution is -2.39. The number of benzene rings is 1. The molecule has 3 N–H and O–H groups in total. The normalized spacial score (nSPS) is 23.5. The number of hydrazine groups is 1. The van der Waals surface area contributed by atoms with Crippen LogP contribution in [-0.2, 0) is 0 Å². The van der Waals surface area contributed by atoms with Crippen LogP contribution in [0.25, 0.3) is 0 Å². The van der Waals surface area contributed by atoms with Gasteiger partial charge < -0.3 is 10.1 Å². The van der Waals surface area contributed by atoms with Gasteiger partial charge >= 0.3 is 0 Å². The Kier molecular flexibility index (Phi) is 8.57. The van der Waals surface area contributed by atoms with Crippen molar-refractivity contribution in [1.29, 1.82) is 0 Å². The molecule has 1 saturated heterocycles. The molecule has 136 valence electrons. The topological polar surface area (TPSA) is 45.3 Å². The summed E-state index contributed by atoms with van der Waals surface area (Å²) in [4.78, 5) is 0. The van der Waals surface area contributed by atoms with E-state index in [9.17, 15) is 0 Å². The van der Waals surface area contributed by atoms with Crippen LogP contribution in [0.2, 0.25) is 0 Å². The first-order valence-corrected chi connectivity index (χ1v) is 9.70. The summed E-state index contributed by atoms with van der Waals surface area (Å²) in [6.45, 7) is 9.54. The van der Waals surface area contributed by atoms with Gasteiger partial charge in [0.05, 0.1) is 12.6 Å².